The number of methoxy groups -OCH3 is 1. The zero-order valence-electron chi connectivity index (χ0n) is 11.7. The Labute approximate surface area is 120 Å². The first-order chi connectivity index (χ1) is 9.92. The van der Waals surface area contributed by atoms with Gasteiger partial charge in [-0.1, -0.05) is 60.7 Å². The first kappa shape index (κ1) is 13.3. The Hall–Kier alpha value is -1.64. The maximum absolute atomic E-state index is 5.59. The van der Waals surface area contributed by atoms with Gasteiger partial charge in [-0.3, -0.25) is 0 Å². The number of hydrogen-bond donors (Lipinski definition) is 0. The van der Waals surface area contributed by atoms with Gasteiger partial charge in [0.25, 0.3) is 0 Å². The first-order valence-electron chi connectivity index (χ1n) is 7.08. The van der Waals surface area contributed by atoms with Gasteiger partial charge in [0.2, 0.25) is 0 Å². The van der Waals surface area contributed by atoms with Gasteiger partial charge in [-0.25, -0.2) is 0 Å². The maximum atomic E-state index is 5.59. The molecule has 104 valence electrons. The highest BCUT2D eigenvalue weighted by Crippen LogP contribution is 2.60. The van der Waals surface area contributed by atoms with Gasteiger partial charge >= 0.3 is 0 Å². The van der Waals surface area contributed by atoms with Crippen LogP contribution < -0.4 is 0 Å². The monoisotopic (exact) mass is 268 g/mol. The van der Waals surface area contributed by atoms with Gasteiger partial charge in [0.1, 0.15) is 6.79 Å². The molecule has 1 aliphatic carbocycles. The summed E-state index contributed by atoms with van der Waals surface area (Å²) in [6.45, 7) is 1.13. The summed E-state index contributed by atoms with van der Waals surface area (Å²) in [6, 6.07) is 21.5. The number of rotatable bonds is 6. The molecule has 0 radical (unpaired) electrons. The molecule has 2 heteroatoms. The Morgan fingerprint density at radius 3 is 1.75 bits per heavy atom. The minimum absolute atomic E-state index is 0.375. The van der Waals surface area contributed by atoms with Crippen LogP contribution >= 0.6 is 0 Å². The van der Waals surface area contributed by atoms with E-state index in [0.717, 1.165) is 6.61 Å². The van der Waals surface area contributed by atoms with Gasteiger partial charge < -0.3 is 9.47 Å². The van der Waals surface area contributed by atoms with Crippen LogP contribution in [-0.4, -0.2) is 20.5 Å². The summed E-state index contributed by atoms with van der Waals surface area (Å²) in [6.07, 6.45) is 0. The van der Waals surface area contributed by atoms with Gasteiger partial charge in [-0.05, 0) is 28.9 Å². The van der Waals surface area contributed by atoms with Crippen LogP contribution in [0, 0.1) is 5.92 Å². The van der Waals surface area contributed by atoms with Crippen molar-refractivity contribution in [1.29, 1.82) is 0 Å². The lowest BCUT2D eigenvalue weighted by molar-refractivity contribution is -0.0352. The third-order valence-corrected chi connectivity index (χ3v) is 4.05. The second kappa shape index (κ2) is 6.21. The number of hydrogen-bond acceptors (Lipinski definition) is 2. The average molecular weight is 268 g/mol. The highest BCUT2D eigenvalue weighted by molar-refractivity contribution is 5.39. The minimum Gasteiger partial charge on any atom is -0.359 e. The van der Waals surface area contributed by atoms with Crippen LogP contribution in [0.3, 0.4) is 0 Å². The lowest BCUT2D eigenvalue weighted by atomic mass is 10.0. The van der Waals surface area contributed by atoms with Gasteiger partial charge in [-0.15, -0.1) is 0 Å². The van der Waals surface area contributed by atoms with E-state index in [0.29, 0.717) is 24.5 Å². The summed E-state index contributed by atoms with van der Waals surface area (Å²) in [5, 5.41) is 0. The second-order valence-electron chi connectivity index (χ2n) is 5.31. The molecule has 1 unspecified atom stereocenters. The Balaban J connectivity index is 1.76. The fraction of sp³-hybridized carbons (Fsp3) is 0.333. The van der Waals surface area contributed by atoms with E-state index in [1.54, 1.807) is 7.11 Å². The molecule has 3 atom stereocenters. The van der Waals surface area contributed by atoms with Gasteiger partial charge in [0.05, 0.1) is 6.61 Å². The SMILES string of the molecule is COCOCC1[C@@H](c2ccccc2)[C@H]1c1ccccc1. The summed E-state index contributed by atoms with van der Waals surface area (Å²) in [4.78, 5) is 0. The van der Waals surface area contributed by atoms with Crippen LogP contribution in [0.15, 0.2) is 60.7 Å². The highest BCUT2D eigenvalue weighted by atomic mass is 16.7. The largest absolute Gasteiger partial charge is 0.359 e. The molecule has 0 heterocycles. The molecule has 2 nitrogen and oxygen atoms in total. The highest BCUT2D eigenvalue weighted by Gasteiger charge is 2.51. The molecule has 20 heavy (non-hydrogen) atoms. The van der Waals surface area contributed by atoms with Crippen molar-refractivity contribution in [2.75, 3.05) is 20.5 Å². The van der Waals surface area contributed by atoms with Gasteiger partial charge in [0.15, 0.2) is 0 Å². The Kier molecular flexibility index (Phi) is 4.14. The molecule has 0 aromatic heterocycles. The molecule has 2 aromatic carbocycles. The number of ether oxygens (including phenoxy) is 2. The van der Waals surface area contributed by atoms with E-state index in [4.69, 9.17) is 9.47 Å². The van der Waals surface area contributed by atoms with Crippen molar-refractivity contribution in [1.82, 2.24) is 0 Å². The molecule has 3 rings (SSSR count). The van der Waals surface area contributed by atoms with Crippen molar-refractivity contribution in [2.24, 2.45) is 5.92 Å². The fourth-order valence-corrected chi connectivity index (χ4v) is 3.11. The van der Waals surface area contributed by atoms with Crippen molar-refractivity contribution < 1.29 is 9.47 Å². The summed E-state index contributed by atoms with van der Waals surface area (Å²) in [5.74, 6) is 1.68. The summed E-state index contributed by atoms with van der Waals surface area (Å²) >= 11 is 0. The van der Waals surface area contributed by atoms with Crippen LogP contribution in [0.1, 0.15) is 23.0 Å². The van der Waals surface area contributed by atoms with E-state index < -0.39 is 0 Å². The van der Waals surface area contributed by atoms with E-state index in [1.807, 2.05) is 0 Å². The number of benzene rings is 2. The lowest BCUT2D eigenvalue weighted by Crippen LogP contribution is -2.01. The molecular formula is C18H20O2. The van der Waals surface area contributed by atoms with E-state index >= 15 is 0 Å². The van der Waals surface area contributed by atoms with Crippen molar-refractivity contribution in [3.8, 4) is 0 Å². The lowest BCUT2D eigenvalue weighted by Gasteiger charge is -2.02. The summed E-state index contributed by atoms with van der Waals surface area (Å²) in [5.41, 5.74) is 2.82. The molecule has 0 spiro atoms. The van der Waals surface area contributed by atoms with Gasteiger partial charge in [-0.2, -0.15) is 0 Å². The third kappa shape index (κ3) is 2.77. The molecule has 1 saturated carbocycles. The topological polar surface area (TPSA) is 18.5 Å². The van der Waals surface area contributed by atoms with Gasteiger partial charge in [0, 0.05) is 7.11 Å². The van der Waals surface area contributed by atoms with E-state index in [-0.39, 0.29) is 0 Å². The van der Waals surface area contributed by atoms with Crippen molar-refractivity contribution in [2.45, 2.75) is 11.8 Å². The summed E-state index contributed by atoms with van der Waals surface area (Å²) < 4.78 is 10.6. The van der Waals surface area contributed by atoms with Crippen LogP contribution in [-0.2, 0) is 9.47 Å². The van der Waals surface area contributed by atoms with Crippen molar-refractivity contribution in [3.05, 3.63) is 71.8 Å². The van der Waals surface area contributed by atoms with E-state index in [2.05, 4.69) is 60.7 Å². The molecule has 0 bridgehead atoms. The molecule has 0 N–H and O–H groups in total. The third-order valence-electron chi connectivity index (χ3n) is 4.05. The smallest absolute Gasteiger partial charge is 0.146 e. The first-order valence-corrected chi connectivity index (χ1v) is 7.08. The molecule has 0 aliphatic heterocycles. The predicted octanol–water partition coefficient (Wildman–Crippen LogP) is 3.80. The normalized spacial score (nSPS) is 24.6. The average Bonchev–Trinajstić information content (AvgIpc) is 3.24. The molecular weight excluding hydrogens is 248 g/mol. The van der Waals surface area contributed by atoms with E-state index in [9.17, 15) is 0 Å². The van der Waals surface area contributed by atoms with Crippen LogP contribution in [0.5, 0.6) is 0 Å². The van der Waals surface area contributed by atoms with Crippen molar-refractivity contribution in [3.63, 3.8) is 0 Å². The molecule has 1 fully saturated rings. The Morgan fingerprint density at radius 2 is 1.30 bits per heavy atom. The van der Waals surface area contributed by atoms with Crippen molar-refractivity contribution >= 4 is 0 Å². The molecule has 1 aliphatic rings. The quantitative estimate of drug-likeness (QED) is 0.586. The zero-order chi connectivity index (χ0) is 13.8. The second-order valence-corrected chi connectivity index (χ2v) is 5.31. The maximum Gasteiger partial charge on any atom is 0.146 e. The van der Waals surface area contributed by atoms with Crippen LogP contribution in [0.2, 0.25) is 0 Å². The zero-order valence-corrected chi connectivity index (χ0v) is 11.7. The van der Waals surface area contributed by atoms with Crippen LogP contribution in [0.4, 0.5) is 0 Å². The molecule has 2 aromatic rings. The fourth-order valence-electron chi connectivity index (χ4n) is 3.11. The minimum atomic E-state index is 0.375. The Morgan fingerprint density at radius 1 is 0.800 bits per heavy atom. The molecule has 0 saturated heterocycles. The predicted molar refractivity (Wildman–Crippen MR) is 79.7 cm³/mol. The summed E-state index contributed by atoms with van der Waals surface area (Å²) in [7, 11) is 1.66. The van der Waals surface area contributed by atoms with Crippen LogP contribution in [0.25, 0.3) is 0 Å². The standard InChI is InChI=1S/C18H20O2/c1-19-13-20-12-16-17(14-8-4-2-5-9-14)18(16)15-10-6-3-7-11-15/h2-11,16-18H,12-13H2,1H3/t16?,17-,18+. The molecule has 0 amide bonds. The Bertz CT molecular complexity index is 478. The van der Waals surface area contributed by atoms with E-state index in [1.165, 1.54) is 11.1 Å².